The third-order valence-electron chi connectivity index (χ3n) is 3.03. The molecule has 0 spiro atoms. The van der Waals surface area contributed by atoms with Crippen LogP contribution in [0, 0.1) is 6.92 Å². The molecule has 5 heteroatoms. The van der Waals surface area contributed by atoms with E-state index in [4.69, 9.17) is 12.2 Å². The van der Waals surface area contributed by atoms with Crippen molar-refractivity contribution < 1.29 is 4.79 Å². The summed E-state index contributed by atoms with van der Waals surface area (Å²) in [5, 5.41) is 2.88. The Labute approximate surface area is 123 Å². The molecule has 0 saturated carbocycles. The Bertz CT molecular complexity index is 453. The molecular weight excluding hydrogens is 276 g/mol. The maximum absolute atomic E-state index is 11.8. The van der Waals surface area contributed by atoms with Crippen LogP contribution in [0.5, 0.6) is 0 Å². The molecule has 1 amide bonds. The first-order valence-corrected chi connectivity index (χ1v) is 7.83. The van der Waals surface area contributed by atoms with Gasteiger partial charge in [-0.25, -0.2) is 0 Å². The van der Waals surface area contributed by atoms with Crippen molar-refractivity contribution >= 4 is 39.9 Å². The summed E-state index contributed by atoms with van der Waals surface area (Å²) in [6, 6.07) is 7.79. The number of carbonyl (C=O) groups excluding carboxylic acids is 1. The van der Waals surface area contributed by atoms with Crippen molar-refractivity contribution in [2.24, 2.45) is 0 Å². The number of hydrogen-bond donors (Lipinski definition) is 1. The second kappa shape index (κ2) is 6.91. The van der Waals surface area contributed by atoms with Crippen LogP contribution < -0.4 is 5.32 Å². The number of nitrogens with one attached hydrogen (secondary N) is 1. The first-order chi connectivity index (χ1) is 9.15. The molecule has 0 radical (unpaired) electrons. The van der Waals surface area contributed by atoms with E-state index < -0.39 is 0 Å². The molecule has 1 saturated heterocycles. The van der Waals surface area contributed by atoms with Crippen LogP contribution in [0.2, 0.25) is 0 Å². The van der Waals surface area contributed by atoms with Gasteiger partial charge in [0.05, 0.1) is 5.75 Å². The second-order valence-electron chi connectivity index (χ2n) is 4.66. The lowest BCUT2D eigenvalue weighted by Crippen LogP contribution is -2.25. The fraction of sp³-hybridized carbons (Fsp3) is 0.429. The van der Waals surface area contributed by atoms with Gasteiger partial charge < -0.3 is 10.2 Å². The maximum atomic E-state index is 11.8. The van der Waals surface area contributed by atoms with Crippen LogP contribution in [-0.2, 0) is 4.79 Å². The van der Waals surface area contributed by atoms with Crippen molar-refractivity contribution in [3.05, 3.63) is 29.8 Å². The van der Waals surface area contributed by atoms with Crippen molar-refractivity contribution in [2.75, 3.05) is 24.2 Å². The van der Waals surface area contributed by atoms with Crippen molar-refractivity contribution in [3.63, 3.8) is 0 Å². The number of rotatable bonds is 3. The molecule has 0 aromatic heterocycles. The van der Waals surface area contributed by atoms with Crippen LogP contribution >= 0.6 is 24.0 Å². The zero-order valence-corrected chi connectivity index (χ0v) is 12.6. The fourth-order valence-corrected chi connectivity index (χ4v) is 3.00. The largest absolute Gasteiger partial charge is 0.358 e. The Hall–Kier alpha value is -1.07. The van der Waals surface area contributed by atoms with E-state index in [0.29, 0.717) is 5.75 Å². The SMILES string of the molecule is Cc1ccc(NC(=O)CSC(=S)N2CCCC2)cc1. The molecule has 19 heavy (non-hydrogen) atoms. The number of aryl methyl sites for hydroxylation is 1. The summed E-state index contributed by atoms with van der Waals surface area (Å²) in [4.78, 5) is 14.0. The van der Waals surface area contributed by atoms with Crippen LogP contribution in [0.4, 0.5) is 5.69 Å². The number of hydrogen-bond acceptors (Lipinski definition) is 3. The maximum Gasteiger partial charge on any atom is 0.234 e. The van der Waals surface area contributed by atoms with Crippen LogP contribution in [0.3, 0.4) is 0 Å². The summed E-state index contributed by atoms with van der Waals surface area (Å²) in [5.41, 5.74) is 2.02. The van der Waals surface area contributed by atoms with Crippen molar-refractivity contribution in [1.82, 2.24) is 4.90 Å². The van der Waals surface area contributed by atoms with E-state index in [0.717, 1.165) is 23.1 Å². The van der Waals surface area contributed by atoms with Crippen LogP contribution in [0.25, 0.3) is 0 Å². The minimum atomic E-state index is -0.00426. The Balaban J connectivity index is 1.75. The van der Waals surface area contributed by atoms with Crippen molar-refractivity contribution in [3.8, 4) is 0 Å². The summed E-state index contributed by atoms with van der Waals surface area (Å²) in [6.45, 7) is 4.09. The molecule has 0 atom stereocenters. The van der Waals surface area contributed by atoms with Crippen LogP contribution in [-0.4, -0.2) is 34.0 Å². The smallest absolute Gasteiger partial charge is 0.234 e. The number of anilines is 1. The second-order valence-corrected chi connectivity index (χ2v) is 6.27. The molecule has 0 aliphatic carbocycles. The molecule has 1 N–H and O–H groups in total. The molecule has 1 fully saturated rings. The highest BCUT2D eigenvalue weighted by molar-refractivity contribution is 8.23. The number of amides is 1. The molecule has 1 aromatic rings. The fourth-order valence-electron chi connectivity index (χ4n) is 1.95. The number of likely N-dealkylation sites (tertiary alicyclic amines) is 1. The summed E-state index contributed by atoms with van der Waals surface area (Å²) >= 11 is 6.77. The number of carbonyl (C=O) groups is 1. The van der Waals surface area contributed by atoms with E-state index in [-0.39, 0.29) is 5.91 Å². The highest BCUT2D eigenvalue weighted by Gasteiger charge is 2.16. The molecule has 102 valence electrons. The third-order valence-corrected chi connectivity index (χ3v) is 4.55. The zero-order chi connectivity index (χ0) is 13.7. The Morgan fingerprint density at radius 1 is 1.32 bits per heavy atom. The lowest BCUT2D eigenvalue weighted by molar-refractivity contribution is -0.113. The van der Waals surface area contributed by atoms with Gasteiger partial charge in [-0.2, -0.15) is 0 Å². The normalized spacial score (nSPS) is 14.5. The first kappa shape index (κ1) is 14.3. The summed E-state index contributed by atoms with van der Waals surface area (Å²) < 4.78 is 0.844. The van der Waals surface area contributed by atoms with Crippen LogP contribution in [0.1, 0.15) is 18.4 Å². The average Bonchev–Trinajstić information content (AvgIpc) is 2.93. The molecule has 1 aromatic carbocycles. The number of nitrogens with zero attached hydrogens (tertiary/aromatic N) is 1. The summed E-state index contributed by atoms with van der Waals surface area (Å²) in [7, 11) is 0. The van der Waals surface area contributed by atoms with Gasteiger partial charge in [0.25, 0.3) is 0 Å². The molecule has 1 heterocycles. The molecule has 0 bridgehead atoms. The predicted octanol–water partition coefficient (Wildman–Crippen LogP) is 3.05. The molecule has 0 unspecified atom stereocenters. The molecule has 1 aliphatic heterocycles. The van der Waals surface area contributed by atoms with E-state index in [1.54, 1.807) is 0 Å². The standard InChI is InChI=1S/C14H18N2OS2/c1-11-4-6-12(7-5-11)15-13(17)10-19-14(18)16-8-2-3-9-16/h4-7H,2-3,8-10H2,1H3,(H,15,17). The van der Waals surface area contributed by atoms with Gasteiger partial charge in [0.15, 0.2) is 0 Å². The third kappa shape index (κ3) is 4.51. The van der Waals surface area contributed by atoms with Gasteiger partial charge in [0.2, 0.25) is 5.91 Å². The van der Waals surface area contributed by atoms with Gasteiger partial charge in [-0.3, -0.25) is 4.79 Å². The highest BCUT2D eigenvalue weighted by atomic mass is 32.2. The van der Waals surface area contributed by atoms with Crippen molar-refractivity contribution in [1.29, 1.82) is 0 Å². The van der Waals surface area contributed by atoms with Crippen LogP contribution in [0.15, 0.2) is 24.3 Å². The van der Waals surface area contributed by atoms with Gasteiger partial charge >= 0.3 is 0 Å². The summed E-state index contributed by atoms with van der Waals surface area (Å²) in [5.74, 6) is 0.374. The van der Waals surface area contributed by atoms with E-state index in [9.17, 15) is 4.79 Å². The number of benzene rings is 1. The van der Waals surface area contributed by atoms with Gasteiger partial charge in [0.1, 0.15) is 4.32 Å². The van der Waals surface area contributed by atoms with Gasteiger partial charge in [-0.1, -0.05) is 41.7 Å². The van der Waals surface area contributed by atoms with Crippen molar-refractivity contribution in [2.45, 2.75) is 19.8 Å². The number of thioether (sulfide) groups is 1. The van der Waals surface area contributed by atoms with Gasteiger partial charge in [0, 0.05) is 18.8 Å². The minimum Gasteiger partial charge on any atom is -0.358 e. The zero-order valence-electron chi connectivity index (χ0n) is 11.0. The predicted molar refractivity (Wildman–Crippen MR) is 85.7 cm³/mol. The summed E-state index contributed by atoms with van der Waals surface area (Å²) in [6.07, 6.45) is 2.41. The average molecular weight is 294 g/mol. The lowest BCUT2D eigenvalue weighted by atomic mass is 10.2. The minimum absolute atomic E-state index is 0.00426. The number of thiocarbonyl (C=S) groups is 1. The van der Waals surface area contributed by atoms with Gasteiger partial charge in [-0.15, -0.1) is 0 Å². The topological polar surface area (TPSA) is 32.3 Å². The van der Waals surface area contributed by atoms with E-state index in [2.05, 4.69) is 10.2 Å². The monoisotopic (exact) mass is 294 g/mol. The molecule has 2 rings (SSSR count). The molecular formula is C14H18N2OS2. The van der Waals surface area contributed by atoms with E-state index >= 15 is 0 Å². The Morgan fingerprint density at radius 2 is 1.95 bits per heavy atom. The van der Waals surface area contributed by atoms with Gasteiger partial charge in [-0.05, 0) is 31.9 Å². The van der Waals surface area contributed by atoms with E-state index in [1.807, 2.05) is 31.2 Å². The highest BCUT2D eigenvalue weighted by Crippen LogP contribution is 2.16. The lowest BCUT2D eigenvalue weighted by Gasteiger charge is -2.17. The molecule has 1 aliphatic rings. The Kier molecular flexibility index (Phi) is 5.22. The Morgan fingerprint density at radius 3 is 2.58 bits per heavy atom. The quantitative estimate of drug-likeness (QED) is 0.869. The molecule has 3 nitrogen and oxygen atoms in total. The van der Waals surface area contributed by atoms with E-state index in [1.165, 1.54) is 30.2 Å². The first-order valence-electron chi connectivity index (χ1n) is 6.43.